The number of benzene rings is 1. The van der Waals surface area contributed by atoms with Gasteiger partial charge < -0.3 is 9.84 Å². The van der Waals surface area contributed by atoms with E-state index in [1.54, 1.807) is 25.2 Å². The first-order valence-electron chi connectivity index (χ1n) is 5.48. The molecule has 0 spiro atoms. The average molecular weight is 250 g/mol. The molecule has 1 aromatic heterocycles. The number of aliphatic hydroxyl groups is 1. The normalized spacial score (nSPS) is 10.8. The topological polar surface area (TPSA) is 73.5 Å². The van der Waals surface area contributed by atoms with E-state index in [0.29, 0.717) is 16.7 Å². The highest BCUT2D eigenvalue weighted by molar-refractivity contribution is 5.79. The summed E-state index contributed by atoms with van der Waals surface area (Å²) in [6, 6.07) is 4.92. The van der Waals surface area contributed by atoms with Gasteiger partial charge in [-0.05, 0) is 12.1 Å². The zero-order chi connectivity index (χ0) is 13.3. The molecule has 1 N–H and O–H groups in total. The molecule has 0 atom stereocenters. The molecule has 96 valence electrons. The number of aliphatic hydroxyl groups excluding tert-OH is 1. The monoisotopic (exact) mass is 250 g/mol. The Balaban J connectivity index is 2.88. The minimum absolute atomic E-state index is 0.00647. The molecule has 2 rings (SSSR count). The van der Waals surface area contributed by atoms with Crippen LogP contribution >= 0.6 is 0 Å². The van der Waals surface area contributed by atoms with Gasteiger partial charge in [-0.2, -0.15) is 0 Å². The first-order valence-corrected chi connectivity index (χ1v) is 5.48. The van der Waals surface area contributed by atoms with Crippen molar-refractivity contribution >= 4 is 10.9 Å². The Labute approximate surface area is 103 Å². The average Bonchev–Trinajstić information content (AvgIpc) is 2.40. The van der Waals surface area contributed by atoms with Gasteiger partial charge in [-0.15, -0.1) is 0 Å². The highest BCUT2D eigenvalue weighted by atomic mass is 16.5. The summed E-state index contributed by atoms with van der Waals surface area (Å²) in [5.41, 5.74) is -0.335. The molecular formula is C12H14N2O4. The first kappa shape index (κ1) is 12.4. The van der Waals surface area contributed by atoms with Crippen LogP contribution in [-0.2, 0) is 13.6 Å². The number of aromatic nitrogens is 2. The Hall–Kier alpha value is -2.08. The van der Waals surface area contributed by atoms with Crippen LogP contribution in [0.5, 0.6) is 5.75 Å². The van der Waals surface area contributed by atoms with E-state index in [9.17, 15) is 9.59 Å². The van der Waals surface area contributed by atoms with Gasteiger partial charge in [0.05, 0.1) is 31.2 Å². The SMILES string of the molecule is COc1ccc2c(=O)n(CCO)c(=O)n(C)c2c1. The maximum Gasteiger partial charge on any atom is 0.331 e. The van der Waals surface area contributed by atoms with Crippen LogP contribution in [0.25, 0.3) is 10.9 Å². The number of hydrogen-bond acceptors (Lipinski definition) is 4. The molecule has 0 bridgehead atoms. The molecule has 0 radical (unpaired) electrons. The molecule has 0 saturated carbocycles. The van der Waals surface area contributed by atoms with Crippen LogP contribution in [0, 0.1) is 0 Å². The van der Waals surface area contributed by atoms with Crippen molar-refractivity contribution in [1.82, 2.24) is 9.13 Å². The molecule has 2 aromatic rings. The van der Waals surface area contributed by atoms with Gasteiger partial charge >= 0.3 is 5.69 Å². The number of methoxy groups -OCH3 is 1. The number of ether oxygens (including phenoxy) is 1. The minimum atomic E-state index is -0.449. The summed E-state index contributed by atoms with van der Waals surface area (Å²) in [6.45, 7) is -0.260. The summed E-state index contributed by atoms with van der Waals surface area (Å²) < 4.78 is 7.46. The zero-order valence-corrected chi connectivity index (χ0v) is 10.2. The van der Waals surface area contributed by atoms with Crippen molar-refractivity contribution in [2.24, 2.45) is 7.05 Å². The van der Waals surface area contributed by atoms with E-state index in [1.165, 1.54) is 11.7 Å². The number of fused-ring (bicyclic) bond motifs is 1. The second-order valence-corrected chi connectivity index (χ2v) is 3.91. The van der Waals surface area contributed by atoms with Gasteiger partial charge in [0.1, 0.15) is 5.75 Å². The first-order chi connectivity index (χ1) is 8.60. The Morgan fingerprint density at radius 3 is 2.67 bits per heavy atom. The van der Waals surface area contributed by atoms with Gasteiger partial charge in [-0.1, -0.05) is 0 Å². The van der Waals surface area contributed by atoms with Crippen molar-refractivity contribution in [3.63, 3.8) is 0 Å². The molecule has 1 heterocycles. The Bertz CT molecular complexity index is 700. The van der Waals surface area contributed by atoms with Gasteiger partial charge in [-0.3, -0.25) is 13.9 Å². The van der Waals surface area contributed by atoms with Crippen molar-refractivity contribution < 1.29 is 9.84 Å². The molecule has 18 heavy (non-hydrogen) atoms. The highest BCUT2D eigenvalue weighted by Gasteiger charge is 2.10. The van der Waals surface area contributed by atoms with Crippen LogP contribution in [-0.4, -0.2) is 28.0 Å². The fraction of sp³-hybridized carbons (Fsp3) is 0.333. The van der Waals surface area contributed by atoms with Crippen LogP contribution in [0.2, 0.25) is 0 Å². The van der Waals surface area contributed by atoms with E-state index in [2.05, 4.69) is 0 Å². The standard InChI is InChI=1S/C12H14N2O4/c1-13-10-7-8(18-2)3-4-9(10)11(16)14(5-6-15)12(13)17/h3-4,7,15H,5-6H2,1-2H3. The molecular weight excluding hydrogens is 236 g/mol. The van der Waals surface area contributed by atoms with Gasteiger partial charge in [0.15, 0.2) is 0 Å². The maximum absolute atomic E-state index is 12.1. The second kappa shape index (κ2) is 4.66. The Morgan fingerprint density at radius 1 is 1.33 bits per heavy atom. The lowest BCUT2D eigenvalue weighted by molar-refractivity contribution is 0.271. The van der Waals surface area contributed by atoms with Gasteiger partial charge in [0.25, 0.3) is 5.56 Å². The predicted octanol–water partition coefficient (Wildman–Crippen LogP) is -0.299. The fourth-order valence-electron chi connectivity index (χ4n) is 1.91. The van der Waals surface area contributed by atoms with Crippen LogP contribution in [0.3, 0.4) is 0 Å². The van der Waals surface area contributed by atoms with E-state index in [4.69, 9.17) is 9.84 Å². The number of nitrogens with zero attached hydrogens (tertiary/aromatic N) is 2. The molecule has 0 fully saturated rings. The minimum Gasteiger partial charge on any atom is -0.497 e. The lowest BCUT2D eigenvalue weighted by Crippen LogP contribution is -2.39. The smallest absolute Gasteiger partial charge is 0.331 e. The molecule has 6 nitrogen and oxygen atoms in total. The van der Waals surface area contributed by atoms with Gasteiger partial charge in [0.2, 0.25) is 0 Å². The summed E-state index contributed by atoms with van der Waals surface area (Å²) in [6.07, 6.45) is 0. The quantitative estimate of drug-likeness (QED) is 0.811. The Kier molecular flexibility index (Phi) is 3.20. The van der Waals surface area contributed by atoms with Gasteiger partial charge in [0, 0.05) is 13.1 Å². The van der Waals surface area contributed by atoms with E-state index in [0.717, 1.165) is 4.57 Å². The van der Waals surface area contributed by atoms with E-state index >= 15 is 0 Å². The molecule has 0 aliphatic heterocycles. The number of aryl methyl sites for hydroxylation is 1. The van der Waals surface area contributed by atoms with Crippen LogP contribution in [0.4, 0.5) is 0 Å². The van der Waals surface area contributed by atoms with Crippen molar-refractivity contribution in [2.75, 3.05) is 13.7 Å². The summed E-state index contributed by atoms with van der Waals surface area (Å²) in [5.74, 6) is 0.580. The van der Waals surface area contributed by atoms with Crippen LogP contribution < -0.4 is 16.0 Å². The molecule has 0 aliphatic rings. The van der Waals surface area contributed by atoms with E-state index < -0.39 is 11.2 Å². The molecule has 0 aliphatic carbocycles. The molecule has 1 aromatic carbocycles. The van der Waals surface area contributed by atoms with Gasteiger partial charge in [-0.25, -0.2) is 4.79 Å². The fourth-order valence-corrected chi connectivity index (χ4v) is 1.91. The zero-order valence-electron chi connectivity index (χ0n) is 10.2. The van der Waals surface area contributed by atoms with Crippen molar-refractivity contribution in [1.29, 1.82) is 0 Å². The molecule has 0 saturated heterocycles. The lowest BCUT2D eigenvalue weighted by atomic mass is 10.2. The summed E-state index contributed by atoms with van der Waals surface area (Å²) in [4.78, 5) is 24.1. The van der Waals surface area contributed by atoms with Crippen LogP contribution in [0.1, 0.15) is 0 Å². The molecule has 0 amide bonds. The predicted molar refractivity (Wildman–Crippen MR) is 67.1 cm³/mol. The lowest BCUT2D eigenvalue weighted by Gasteiger charge is -2.10. The van der Waals surface area contributed by atoms with Crippen molar-refractivity contribution in [2.45, 2.75) is 6.54 Å². The van der Waals surface area contributed by atoms with Crippen LogP contribution in [0.15, 0.2) is 27.8 Å². The second-order valence-electron chi connectivity index (χ2n) is 3.91. The molecule has 0 unspecified atom stereocenters. The van der Waals surface area contributed by atoms with E-state index in [-0.39, 0.29) is 13.2 Å². The number of rotatable bonds is 3. The molecule has 6 heteroatoms. The Morgan fingerprint density at radius 2 is 2.06 bits per heavy atom. The van der Waals surface area contributed by atoms with Crippen molar-refractivity contribution in [3.05, 3.63) is 39.0 Å². The van der Waals surface area contributed by atoms with E-state index in [1.807, 2.05) is 0 Å². The maximum atomic E-state index is 12.1. The summed E-state index contributed by atoms with van der Waals surface area (Å²) in [5, 5.41) is 9.31. The number of hydrogen-bond donors (Lipinski definition) is 1. The third-order valence-electron chi connectivity index (χ3n) is 2.88. The highest BCUT2D eigenvalue weighted by Crippen LogP contribution is 2.16. The third-order valence-corrected chi connectivity index (χ3v) is 2.88. The third kappa shape index (κ3) is 1.80. The van der Waals surface area contributed by atoms with Crippen molar-refractivity contribution in [3.8, 4) is 5.75 Å². The summed E-state index contributed by atoms with van der Waals surface area (Å²) >= 11 is 0. The summed E-state index contributed by atoms with van der Waals surface area (Å²) in [7, 11) is 3.10. The largest absolute Gasteiger partial charge is 0.497 e.